The summed E-state index contributed by atoms with van der Waals surface area (Å²) in [6.07, 6.45) is 1.98. The van der Waals surface area contributed by atoms with Crippen molar-refractivity contribution in [3.05, 3.63) is 100 Å². The normalized spacial score (nSPS) is 10.7. The number of nitrogens with zero attached hydrogens (tertiary/aromatic N) is 2. The molecule has 2 N–H and O–H groups in total. The number of aryl methyl sites for hydroxylation is 1. The van der Waals surface area contributed by atoms with E-state index in [-0.39, 0.29) is 5.56 Å². The van der Waals surface area contributed by atoms with Crippen molar-refractivity contribution in [3.8, 4) is 16.9 Å². The number of halogens is 1. The zero-order valence-corrected chi connectivity index (χ0v) is 17.9. The SMILES string of the molecule is Cc1cc(NCc2cn(-c3ccc(C(=O)O)cc3)nc2-c2ccccc2)ccc1Br. The van der Waals surface area contributed by atoms with Crippen LogP contribution in [-0.4, -0.2) is 20.9 Å². The molecule has 5 nitrogen and oxygen atoms in total. The highest BCUT2D eigenvalue weighted by Gasteiger charge is 2.13. The van der Waals surface area contributed by atoms with Gasteiger partial charge >= 0.3 is 5.97 Å². The molecule has 6 heteroatoms. The van der Waals surface area contributed by atoms with Gasteiger partial charge in [-0.05, 0) is 55.0 Å². The van der Waals surface area contributed by atoms with Gasteiger partial charge in [-0.2, -0.15) is 5.10 Å². The molecular formula is C24H20BrN3O2. The molecule has 4 aromatic rings. The quantitative estimate of drug-likeness (QED) is 0.373. The van der Waals surface area contributed by atoms with Gasteiger partial charge in [0.25, 0.3) is 0 Å². The third-order valence-electron chi connectivity index (χ3n) is 4.86. The van der Waals surface area contributed by atoms with Crippen LogP contribution in [0.4, 0.5) is 5.69 Å². The number of aromatic carboxylic acids is 1. The smallest absolute Gasteiger partial charge is 0.335 e. The number of anilines is 1. The Kier molecular flexibility index (Phi) is 5.68. The van der Waals surface area contributed by atoms with E-state index < -0.39 is 5.97 Å². The van der Waals surface area contributed by atoms with Crippen LogP contribution in [0.2, 0.25) is 0 Å². The van der Waals surface area contributed by atoms with E-state index in [0.29, 0.717) is 6.54 Å². The van der Waals surface area contributed by atoms with E-state index in [1.54, 1.807) is 28.9 Å². The summed E-state index contributed by atoms with van der Waals surface area (Å²) >= 11 is 3.53. The van der Waals surface area contributed by atoms with Gasteiger partial charge in [0.05, 0.1) is 16.9 Å². The van der Waals surface area contributed by atoms with E-state index >= 15 is 0 Å². The maximum absolute atomic E-state index is 11.1. The minimum absolute atomic E-state index is 0.252. The number of hydrogen-bond donors (Lipinski definition) is 2. The van der Waals surface area contributed by atoms with Crippen molar-refractivity contribution >= 4 is 27.6 Å². The molecule has 0 amide bonds. The molecule has 1 aromatic heterocycles. The molecular weight excluding hydrogens is 442 g/mol. The van der Waals surface area contributed by atoms with Gasteiger partial charge in [0.1, 0.15) is 0 Å². The fourth-order valence-electron chi connectivity index (χ4n) is 3.22. The molecule has 0 spiro atoms. The lowest BCUT2D eigenvalue weighted by Crippen LogP contribution is -2.00. The molecule has 0 bridgehead atoms. The topological polar surface area (TPSA) is 67.2 Å². The first kappa shape index (κ1) is 19.9. The third kappa shape index (κ3) is 4.28. The lowest BCUT2D eigenvalue weighted by Gasteiger charge is -2.08. The van der Waals surface area contributed by atoms with Crippen LogP contribution in [0.15, 0.2) is 83.5 Å². The second kappa shape index (κ2) is 8.55. The number of aromatic nitrogens is 2. The first-order chi connectivity index (χ1) is 14.5. The molecule has 0 radical (unpaired) electrons. The summed E-state index contributed by atoms with van der Waals surface area (Å²) in [4.78, 5) is 11.1. The molecule has 0 saturated heterocycles. The molecule has 0 fully saturated rings. The van der Waals surface area contributed by atoms with Crippen LogP contribution in [0.3, 0.4) is 0 Å². The summed E-state index contributed by atoms with van der Waals surface area (Å²) in [5.41, 5.74) is 6.22. The van der Waals surface area contributed by atoms with E-state index in [1.807, 2.05) is 48.7 Å². The highest BCUT2D eigenvalue weighted by Crippen LogP contribution is 2.26. The number of carboxylic acid groups (broad SMARTS) is 1. The van der Waals surface area contributed by atoms with Crippen LogP contribution in [0.5, 0.6) is 0 Å². The fourth-order valence-corrected chi connectivity index (χ4v) is 3.47. The minimum atomic E-state index is -0.943. The Hall–Kier alpha value is -3.38. The first-order valence-electron chi connectivity index (χ1n) is 9.49. The van der Waals surface area contributed by atoms with Crippen molar-refractivity contribution in [2.24, 2.45) is 0 Å². The summed E-state index contributed by atoms with van der Waals surface area (Å²) < 4.78 is 2.87. The zero-order chi connectivity index (χ0) is 21.1. The summed E-state index contributed by atoms with van der Waals surface area (Å²) in [5.74, 6) is -0.943. The third-order valence-corrected chi connectivity index (χ3v) is 5.75. The van der Waals surface area contributed by atoms with Crippen LogP contribution < -0.4 is 5.32 Å². The first-order valence-corrected chi connectivity index (χ1v) is 10.3. The number of benzene rings is 3. The van der Waals surface area contributed by atoms with E-state index in [9.17, 15) is 4.79 Å². The van der Waals surface area contributed by atoms with Crippen molar-refractivity contribution in [2.45, 2.75) is 13.5 Å². The van der Waals surface area contributed by atoms with Crippen LogP contribution in [0, 0.1) is 6.92 Å². The lowest BCUT2D eigenvalue weighted by molar-refractivity contribution is 0.0697. The zero-order valence-electron chi connectivity index (χ0n) is 16.3. The minimum Gasteiger partial charge on any atom is -0.478 e. The fraction of sp³-hybridized carbons (Fsp3) is 0.0833. The van der Waals surface area contributed by atoms with E-state index in [0.717, 1.165) is 38.2 Å². The van der Waals surface area contributed by atoms with Crippen LogP contribution in [0.1, 0.15) is 21.5 Å². The molecule has 0 atom stereocenters. The second-order valence-corrected chi connectivity index (χ2v) is 7.84. The monoisotopic (exact) mass is 461 g/mol. The van der Waals surface area contributed by atoms with Gasteiger partial charge in [0.15, 0.2) is 0 Å². The van der Waals surface area contributed by atoms with E-state index in [4.69, 9.17) is 10.2 Å². The lowest BCUT2D eigenvalue weighted by atomic mass is 10.1. The Labute approximate surface area is 183 Å². The van der Waals surface area contributed by atoms with Gasteiger partial charge < -0.3 is 10.4 Å². The molecule has 0 saturated carbocycles. The molecule has 0 aliphatic rings. The number of nitrogens with one attached hydrogen (secondary N) is 1. The Morgan fingerprint density at radius 3 is 2.47 bits per heavy atom. The number of hydrogen-bond acceptors (Lipinski definition) is 3. The molecule has 0 aliphatic carbocycles. The molecule has 4 rings (SSSR count). The van der Waals surface area contributed by atoms with Crippen molar-refractivity contribution in [1.29, 1.82) is 0 Å². The molecule has 150 valence electrons. The van der Waals surface area contributed by atoms with Crippen molar-refractivity contribution in [2.75, 3.05) is 5.32 Å². The predicted octanol–water partition coefficient (Wildman–Crippen LogP) is 5.92. The summed E-state index contributed by atoms with van der Waals surface area (Å²) in [7, 11) is 0. The number of carboxylic acids is 1. The summed E-state index contributed by atoms with van der Waals surface area (Å²) in [6.45, 7) is 2.67. The summed E-state index contributed by atoms with van der Waals surface area (Å²) in [5, 5.41) is 17.4. The molecule has 1 heterocycles. The van der Waals surface area contributed by atoms with Gasteiger partial charge in [-0.25, -0.2) is 9.48 Å². The maximum Gasteiger partial charge on any atom is 0.335 e. The van der Waals surface area contributed by atoms with Gasteiger partial charge in [0.2, 0.25) is 0 Å². The summed E-state index contributed by atoms with van der Waals surface area (Å²) in [6, 6.07) is 22.9. The molecule has 3 aromatic carbocycles. The molecule has 0 aliphatic heterocycles. The highest BCUT2D eigenvalue weighted by molar-refractivity contribution is 9.10. The van der Waals surface area contributed by atoms with Crippen molar-refractivity contribution in [1.82, 2.24) is 9.78 Å². The maximum atomic E-state index is 11.1. The highest BCUT2D eigenvalue weighted by atomic mass is 79.9. The Bertz CT molecular complexity index is 1190. The standard InChI is InChI=1S/C24H20BrN3O2/c1-16-13-20(9-12-22(16)25)26-14-19-15-28(21-10-7-18(8-11-21)24(29)30)27-23(19)17-5-3-2-4-6-17/h2-13,15,26H,14H2,1H3,(H,29,30). The van der Waals surface area contributed by atoms with Gasteiger partial charge in [-0.3, -0.25) is 0 Å². The van der Waals surface area contributed by atoms with Crippen LogP contribution in [0.25, 0.3) is 16.9 Å². The second-order valence-electron chi connectivity index (χ2n) is 6.98. The Morgan fingerprint density at radius 1 is 1.07 bits per heavy atom. The van der Waals surface area contributed by atoms with Crippen molar-refractivity contribution in [3.63, 3.8) is 0 Å². The van der Waals surface area contributed by atoms with Crippen LogP contribution in [-0.2, 0) is 6.54 Å². The van der Waals surface area contributed by atoms with Gasteiger partial charge in [-0.15, -0.1) is 0 Å². The van der Waals surface area contributed by atoms with Crippen LogP contribution >= 0.6 is 15.9 Å². The van der Waals surface area contributed by atoms with E-state index in [1.165, 1.54) is 0 Å². The molecule has 30 heavy (non-hydrogen) atoms. The number of rotatable bonds is 6. The molecule has 0 unspecified atom stereocenters. The average Bonchev–Trinajstić information content (AvgIpc) is 3.19. The van der Waals surface area contributed by atoms with Gasteiger partial charge in [0, 0.05) is 34.0 Å². The van der Waals surface area contributed by atoms with Gasteiger partial charge in [-0.1, -0.05) is 46.3 Å². The van der Waals surface area contributed by atoms with Crippen molar-refractivity contribution < 1.29 is 9.90 Å². The Balaban J connectivity index is 1.67. The Morgan fingerprint density at radius 2 is 1.80 bits per heavy atom. The number of carbonyl (C=O) groups is 1. The van der Waals surface area contributed by atoms with E-state index in [2.05, 4.69) is 34.2 Å². The largest absolute Gasteiger partial charge is 0.478 e. The predicted molar refractivity (Wildman–Crippen MR) is 122 cm³/mol. The average molecular weight is 462 g/mol.